The van der Waals surface area contributed by atoms with E-state index in [9.17, 15) is 10.1 Å². The highest BCUT2D eigenvalue weighted by atomic mass is 35.5. The van der Waals surface area contributed by atoms with E-state index in [0.717, 1.165) is 6.20 Å². The molecule has 0 atom stereocenters. The topological polar surface area (TPSA) is 108 Å². The summed E-state index contributed by atoms with van der Waals surface area (Å²) in [5.41, 5.74) is 0.656. The van der Waals surface area contributed by atoms with Gasteiger partial charge in [-0.1, -0.05) is 11.6 Å². The van der Waals surface area contributed by atoms with Crippen molar-refractivity contribution in [2.75, 3.05) is 0 Å². The molecule has 0 aliphatic heterocycles. The van der Waals surface area contributed by atoms with Gasteiger partial charge in [0.25, 0.3) is 5.69 Å². The van der Waals surface area contributed by atoms with Gasteiger partial charge < -0.3 is 0 Å². The van der Waals surface area contributed by atoms with Crippen LogP contribution >= 0.6 is 11.6 Å². The lowest BCUT2D eigenvalue weighted by Crippen LogP contribution is -1.93. The van der Waals surface area contributed by atoms with Crippen molar-refractivity contribution in [3.8, 4) is 17.5 Å². The van der Waals surface area contributed by atoms with Crippen LogP contribution in [0.4, 0.5) is 5.69 Å². The second kappa shape index (κ2) is 4.19. The molecule has 17 heavy (non-hydrogen) atoms. The number of hydrogen-bond acceptors (Lipinski definition) is 5. The van der Waals surface area contributed by atoms with Crippen molar-refractivity contribution in [3.63, 3.8) is 0 Å². The lowest BCUT2D eigenvalue weighted by molar-refractivity contribution is -0.385. The van der Waals surface area contributed by atoms with Gasteiger partial charge in [0, 0.05) is 6.07 Å². The van der Waals surface area contributed by atoms with Crippen molar-refractivity contribution in [1.82, 2.24) is 15.2 Å². The molecule has 0 radical (unpaired) electrons. The standard InChI is InChI=1S/C9H4ClN5O2/c10-7-1-6(15(16)17)4-12-9(7)8-5(2-11)3-13-14-8/h1,3-4H,(H,13,14). The minimum atomic E-state index is -0.596. The molecule has 2 aromatic heterocycles. The molecule has 0 amide bonds. The molecule has 2 heterocycles. The molecular formula is C9H4ClN5O2. The second-order valence-electron chi connectivity index (χ2n) is 3.05. The van der Waals surface area contributed by atoms with Gasteiger partial charge in [0.2, 0.25) is 0 Å². The quantitative estimate of drug-likeness (QED) is 0.646. The molecular weight excluding hydrogens is 246 g/mol. The minimum Gasteiger partial charge on any atom is -0.275 e. The van der Waals surface area contributed by atoms with Crippen molar-refractivity contribution in [2.24, 2.45) is 0 Å². The van der Waals surface area contributed by atoms with Gasteiger partial charge in [-0.2, -0.15) is 10.4 Å². The normalized spacial score (nSPS) is 9.88. The average molecular weight is 250 g/mol. The monoisotopic (exact) mass is 249 g/mol. The highest BCUT2D eigenvalue weighted by Gasteiger charge is 2.16. The number of aromatic amines is 1. The SMILES string of the molecule is N#Cc1cn[nH]c1-c1ncc([N+](=O)[O-])cc1Cl. The van der Waals surface area contributed by atoms with E-state index in [1.54, 1.807) is 0 Å². The average Bonchev–Trinajstić information content (AvgIpc) is 2.76. The molecule has 0 aliphatic carbocycles. The third-order valence-electron chi connectivity index (χ3n) is 2.03. The number of aromatic nitrogens is 3. The Balaban J connectivity index is 2.55. The number of H-pyrrole nitrogens is 1. The molecule has 84 valence electrons. The van der Waals surface area contributed by atoms with Gasteiger partial charge in [-0.3, -0.25) is 15.2 Å². The van der Waals surface area contributed by atoms with Crippen LogP contribution < -0.4 is 0 Å². The molecule has 0 saturated carbocycles. The van der Waals surface area contributed by atoms with Gasteiger partial charge >= 0.3 is 0 Å². The van der Waals surface area contributed by atoms with Crippen LogP contribution in [0.15, 0.2) is 18.5 Å². The third kappa shape index (κ3) is 1.93. The van der Waals surface area contributed by atoms with E-state index in [-0.39, 0.29) is 22.0 Å². The Labute approximate surface area is 99.8 Å². The number of rotatable bonds is 2. The number of nitriles is 1. The van der Waals surface area contributed by atoms with Gasteiger partial charge in [0.05, 0.1) is 21.7 Å². The van der Waals surface area contributed by atoms with Crippen molar-refractivity contribution in [1.29, 1.82) is 5.26 Å². The van der Waals surface area contributed by atoms with E-state index in [0.29, 0.717) is 5.69 Å². The van der Waals surface area contributed by atoms with Crippen LogP contribution in [0.2, 0.25) is 5.02 Å². The van der Waals surface area contributed by atoms with Crippen LogP contribution in [0, 0.1) is 21.4 Å². The molecule has 0 aromatic carbocycles. The molecule has 0 spiro atoms. The Morgan fingerprint density at radius 1 is 1.53 bits per heavy atom. The van der Waals surface area contributed by atoms with Crippen LogP contribution in [0.25, 0.3) is 11.4 Å². The van der Waals surface area contributed by atoms with E-state index in [2.05, 4.69) is 15.2 Å². The Kier molecular flexibility index (Phi) is 2.72. The molecule has 1 N–H and O–H groups in total. The Bertz CT molecular complexity index is 631. The van der Waals surface area contributed by atoms with Gasteiger partial charge in [-0.05, 0) is 0 Å². The number of nitro groups is 1. The number of halogens is 1. The molecule has 8 heteroatoms. The molecule has 0 saturated heterocycles. The van der Waals surface area contributed by atoms with E-state index < -0.39 is 4.92 Å². The lowest BCUT2D eigenvalue weighted by atomic mass is 10.2. The lowest BCUT2D eigenvalue weighted by Gasteiger charge is -2.00. The van der Waals surface area contributed by atoms with Crippen LogP contribution in [0.3, 0.4) is 0 Å². The number of pyridine rings is 1. The van der Waals surface area contributed by atoms with Crippen LogP contribution in [-0.4, -0.2) is 20.1 Å². The molecule has 0 fully saturated rings. The van der Waals surface area contributed by atoms with Gasteiger partial charge in [-0.25, -0.2) is 4.98 Å². The zero-order valence-electron chi connectivity index (χ0n) is 8.22. The first kappa shape index (κ1) is 11.0. The fraction of sp³-hybridized carbons (Fsp3) is 0. The summed E-state index contributed by atoms with van der Waals surface area (Å²) in [4.78, 5) is 13.8. The van der Waals surface area contributed by atoms with Gasteiger partial charge in [0.1, 0.15) is 23.7 Å². The molecule has 7 nitrogen and oxygen atoms in total. The molecule has 0 aliphatic rings. The maximum atomic E-state index is 10.5. The second-order valence-corrected chi connectivity index (χ2v) is 3.46. The highest BCUT2D eigenvalue weighted by Crippen LogP contribution is 2.28. The summed E-state index contributed by atoms with van der Waals surface area (Å²) in [5.74, 6) is 0. The van der Waals surface area contributed by atoms with Crippen LogP contribution in [0.5, 0.6) is 0 Å². The Morgan fingerprint density at radius 3 is 2.88 bits per heavy atom. The summed E-state index contributed by atoms with van der Waals surface area (Å²) in [6.45, 7) is 0. The van der Waals surface area contributed by atoms with Crippen molar-refractivity contribution in [3.05, 3.63) is 39.2 Å². The van der Waals surface area contributed by atoms with E-state index in [4.69, 9.17) is 16.9 Å². The highest BCUT2D eigenvalue weighted by molar-refractivity contribution is 6.33. The maximum Gasteiger partial charge on any atom is 0.289 e. The molecule has 2 rings (SSSR count). The van der Waals surface area contributed by atoms with E-state index in [1.165, 1.54) is 12.3 Å². The predicted molar refractivity (Wildman–Crippen MR) is 58.2 cm³/mol. The largest absolute Gasteiger partial charge is 0.289 e. The first-order valence-electron chi connectivity index (χ1n) is 4.37. The minimum absolute atomic E-state index is 0.0833. The predicted octanol–water partition coefficient (Wildman–Crippen LogP) is 1.90. The zero-order valence-corrected chi connectivity index (χ0v) is 8.97. The zero-order chi connectivity index (χ0) is 12.4. The van der Waals surface area contributed by atoms with Crippen molar-refractivity contribution in [2.45, 2.75) is 0 Å². The van der Waals surface area contributed by atoms with E-state index in [1.807, 2.05) is 6.07 Å². The Morgan fingerprint density at radius 2 is 2.29 bits per heavy atom. The summed E-state index contributed by atoms with van der Waals surface area (Å²) in [7, 11) is 0. The number of nitrogens with one attached hydrogen (secondary N) is 1. The fourth-order valence-corrected chi connectivity index (χ4v) is 1.52. The van der Waals surface area contributed by atoms with Crippen molar-refractivity contribution >= 4 is 17.3 Å². The summed E-state index contributed by atoms with van der Waals surface area (Å²) in [5, 5.41) is 25.7. The van der Waals surface area contributed by atoms with E-state index >= 15 is 0 Å². The molecule has 0 bridgehead atoms. The first-order valence-corrected chi connectivity index (χ1v) is 4.75. The maximum absolute atomic E-state index is 10.5. The fourth-order valence-electron chi connectivity index (χ4n) is 1.26. The summed E-state index contributed by atoms with van der Waals surface area (Å²) < 4.78 is 0. The summed E-state index contributed by atoms with van der Waals surface area (Å²) in [6.07, 6.45) is 2.40. The summed E-state index contributed by atoms with van der Waals surface area (Å²) >= 11 is 5.87. The van der Waals surface area contributed by atoms with Gasteiger partial charge in [-0.15, -0.1) is 0 Å². The number of hydrogen-bond donors (Lipinski definition) is 1. The molecule has 2 aromatic rings. The van der Waals surface area contributed by atoms with Crippen LogP contribution in [0.1, 0.15) is 5.56 Å². The molecule has 0 unspecified atom stereocenters. The smallest absolute Gasteiger partial charge is 0.275 e. The Hall–Kier alpha value is -2.46. The summed E-state index contributed by atoms with van der Waals surface area (Å²) in [6, 6.07) is 3.08. The van der Waals surface area contributed by atoms with Crippen molar-refractivity contribution < 1.29 is 4.92 Å². The third-order valence-corrected chi connectivity index (χ3v) is 2.32. The number of nitrogens with zero attached hydrogens (tertiary/aromatic N) is 4. The van der Waals surface area contributed by atoms with Gasteiger partial charge in [0.15, 0.2) is 0 Å². The van der Waals surface area contributed by atoms with Crippen LogP contribution in [-0.2, 0) is 0 Å². The first-order chi connectivity index (χ1) is 8.13.